The summed E-state index contributed by atoms with van der Waals surface area (Å²) in [6.45, 7) is 0. The van der Waals surface area contributed by atoms with E-state index in [0.717, 1.165) is 16.8 Å². The summed E-state index contributed by atoms with van der Waals surface area (Å²) in [6.07, 6.45) is 1.54. The number of furan rings is 1. The van der Waals surface area contributed by atoms with Crippen molar-refractivity contribution >= 4 is 28.1 Å². The number of nitrogens with one attached hydrogen (secondary N) is 1. The van der Waals surface area contributed by atoms with Crippen LogP contribution >= 0.6 is 15.9 Å². The molecule has 2 aromatic carbocycles. The molecule has 0 amide bonds. The Morgan fingerprint density at radius 2 is 1.48 bits per heavy atom. The number of aromatic nitrogens is 3. The van der Waals surface area contributed by atoms with Gasteiger partial charge in [-0.2, -0.15) is 5.10 Å². The number of benzene rings is 2. The molecule has 0 spiro atoms. The minimum Gasteiger partial charge on any atom is -0.448 e. The lowest BCUT2D eigenvalue weighted by Crippen LogP contribution is -2.03. The van der Waals surface area contributed by atoms with E-state index in [1.165, 1.54) is 0 Å². The molecule has 0 atom stereocenters. The molecule has 2 aromatic heterocycles. The maximum absolute atomic E-state index is 5.36. The van der Waals surface area contributed by atoms with Gasteiger partial charge in [0.05, 0.1) is 6.21 Å². The molecule has 4 aromatic rings. The van der Waals surface area contributed by atoms with Crippen LogP contribution in [0.5, 0.6) is 0 Å². The zero-order valence-corrected chi connectivity index (χ0v) is 15.7. The molecule has 0 saturated heterocycles. The van der Waals surface area contributed by atoms with Gasteiger partial charge in [0.1, 0.15) is 17.1 Å². The van der Waals surface area contributed by atoms with Crippen molar-refractivity contribution in [2.75, 3.05) is 5.43 Å². The number of hydrogen-bond acceptors (Lipinski definition) is 6. The van der Waals surface area contributed by atoms with Crippen molar-refractivity contribution in [2.45, 2.75) is 0 Å². The topological polar surface area (TPSA) is 76.2 Å². The van der Waals surface area contributed by atoms with Crippen LogP contribution in [-0.2, 0) is 0 Å². The van der Waals surface area contributed by atoms with Gasteiger partial charge in [0.25, 0.3) is 5.95 Å². The largest absolute Gasteiger partial charge is 0.448 e. The second kappa shape index (κ2) is 7.92. The van der Waals surface area contributed by atoms with Crippen molar-refractivity contribution < 1.29 is 4.42 Å². The van der Waals surface area contributed by atoms with Gasteiger partial charge in [0.15, 0.2) is 4.67 Å². The number of hydrazone groups is 1. The molecule has 0 saturated carbocycles. The molecular formula is C20H14BrN5O. The van der Waals surface area contributed by atoms with Gasteiger partial charge in [0.2, 0.25) is 0 Å². The van der Waals surface area contributed by atoms with Crippen LogP contribution in [0.3, 0.4) is 0 Å². The lowest BCUT2D eigenvalue weighted by Gasteiger charge is -2.09. The first-order chi connectivity index (χ1) is 13.3. The fourth-order valence-electron chi connectivity index (χ4n) is 2.51. The van der Waals surface area contributed by atoms with Crippen molar-refractivity contribution in [2.24, 2.45) is 5.10 Å². The summed E-state index contributed by atoms with van der Waals surface area (Å²) in [5, 5.41) is 12.6. The smallest absolute Gasteiger partial charge is 0.263 e. The van der Waals surface area contributed by atoms with E-state index < -0.39 is 0 Å². The molecular weight excluding hydrogens is 406 g/mol. The first kappa shape index (κ1) is 17.1. The lowest BCUT2D eigenvalue weighted by molar-refractivity contribution is 0.534. The predicted molar refractivity (Wildman–Crippen MR) is 108 cm³/mol. The fourth-order valence-corrected chi connectivity index (χ4v) is 2.83. The van der Waals surface area contributed by atoms with Crippen LogP contribution in [0.25, 0.3) is 22.5 Å². The van der Waals surface area contributed by atoms with Gasteiger partial charge in [-0.05, 0) is 28.1 Å². The Kier molecular flexibility index (Phi) is 5.02. The van der Waals surface area contributed by atoms with Gasteiger partial charge in [-0.1, -0.05) is 60.7 Å². The van der Waals surface area contributed by atoms with E-state index in [2.05, 4.69) is 41.6 Å². The van der Waals surface area contributed by atoms with E-state index in [1.807, 2.05) is 60.7 Å². The number of anilines is 1. The maximum Gasteiger partial charge on any atom is 0.263 e. The van der Waals surface area contributed by atoms with E-state index in [-0.39, 0.29) is 0 Å². The van der Waals surface area contributed by atoms with E-state index in [9.17, 15) is 0 Å². The van der Waals surface area contributed by atoms with E-state index in [1.54, 1.807) is 18.3 Å². The monoisotopic (exact) mass is 419 g/mol. The summed E-state index contributed by atoms with van der Waals surface area (Å²) < 4.78 is 6.00. The minimum atomic E-state index is 0.301. The van der Waals surface area contributed by atoms with Gasteiger partial charge >= 0.3 is 0 Å². The van der Waals surface area contributed by atoms with Gasteiger partial charge < -0.3 is 4.42 Å². The third kappa shape index (κ3) is 4.09. The Hall–Kier alpha value is -3.32. The average Bonchev–Trinajstić information content (AvgIpc) is 3.14. The van der Waals surface area contributed by atoms with E-state index in [0.29, 0.717) is 22.1 Å². The molecule has 0 fully saturated rings. The number of nitrogens with zero attached hydrogens (tertiary/aromatic N) is 4. The summed E-state index contributed by atoms with van der Waals surface area (Å²) in [5.74, 6) is 0.905. The molecule has 4 rings (SSSR count). The minimum absolute atomic E-state index is 0.301. The molecule has 0 aliphatic carbocycles. The third-order valence-corrected chi connectivity index (χ3v) is 4.16. The molecule has 1 N–H and O–H groups in total. The Balaban J connectivity index is 1.67. The molecule has 27 heavy (non-hydrogen) atoms. The van der Waals surface area contributed by atoms with E-state index in [4.69, 9.17) is 4.42 Å². The summed E-state index contributed by atoms with van der Waals surface area (Å²) in [5.41, 5.74) is 6.15. The Labute approximate surface area is 164 Å². The van der Waals surface area contributed by atoms with Crippen LogP contribution in [0.1, 0.15) is 5.76 Å². The Morgan fingerprint density at radius 1 is 0.815 bits per heavy atom. The summed E-state index contributed by atoms with van der Waals surface area (Å²) >= 11 is 3.25. The second-order valence-electron chi connectivity index (χ2n) is 5.58. The van der Waals surface area contributed by atoms with Crippen molar-refractivity contribution in [1.82, 2.24) is 15.2 Å². The van der Waals surface area contributed by atoms with Gasteiger partial charge in [-0.3, -0.25) is 0 Å². The molecule has 2 heterocycles. The highest BCUT2D eigenvalue weighted by atomic mass is 79.9. The highest BCUT2D eigenvalue weighted by molar-refractivity contribution is 9.10. The van der Waals surface area contributed by atoms with E-state index >= 15 is 0 Å². The van der Waals surface area contributed by atoms with Crippen molar-refractivity contribution in [3.8, 4) is 22.5 Å². The average molecular weight is 420 g/mol. The third-order valence-electron chi connectivity index (χ3n) is 3.73. The molecule has 132 valence electrons. The summed E-state index contributed by atoms with van der Waals surface area (Å²) in [7, 11) is 0. The first-order valence-corrected chi connectivity index (χ1v) is 8.99. The molecule has 0 bridgehead atoms. The SMILES string of the molecule is Brc1ccc(C=NNc2nnc(-c3ccccc3)c(-c3ccccc3)n2)o1. The van der Waals surface area contributed by atoms with Crippen molar-refractivity contribution in [3.63, 3.8) is 0 Å². The summed E-state index contributed by atoms with van der Waals surface area (Å²) in [4.78, 5) is 4.62. The molecule has 6 nitrogen and oxygen atoms in total. The number of rotatable bonds is 5. The predicted octanol–water partition coefficient (Wildman–Crippen LogP) is 5.01. The summed E-state index contributed by atoms with van der Waals surface area (Å²) in [6, 6.07) is 23.3. The highest BCUT2D eigenvalue weighted by Gasteiger charge is 2.13. The fraction of sp³-hybridized carbons (Fsp3) is 0. The van der Waals surface area contributed by atoms with Crippen LogP contribution in [-0.4, -0.2) is 21.4 Å². The molecule has 0 unspecified atom stereocenters. The molecule has 0 aliphatic heterocycles. The highest BCUT2D eigenvalue weighted by Crippen LogP contribution is 2.28. The van der Waals surface area contributed by atoms with Crippen LogP contribution in [0.4, 0.5) is 5.95 Å². The van der Waals surface area contributed by atoms with Crippen molar-refractivity contribution in [3.05, 3.63) is 83.2 Å². The number of halogens is 1. The van der Waals surface area contributed by atoms with Gasteiger partial charge in [-0.15, -0.1) is 10.2 Å². The quantitative estimate of drug-likeness (QED) is 0.363. The Bertz CT molecular complexity index is 1060. The molecule has 7 heteroatoms. The Morgan fingerprint density at radius 3 is 2.11 bits per heavy atom. The second-order valence-corrected chi connectivity index (χ2v) is 6.36. The van der Waals surface area contributed by atoms with Crippen LogP contribution in [0.15, 0.2) is 87.0 Å². The zero-order chi connectivity index (χ0) is 18.5. The zero-order valence-electron chi connectivity index (χ0n) is 14.1. The molecule has 0 radical (unpaired) electrons. The van der Waals surface area contributed by atoms with Crippen LogP contribution in [0, 0.1) is 0 Å². The number of hydrogen-bond donors (Lipinski definition) is 1. The van der Waals surface area contributed by atoms with Crippen LogP contribution in [0.2, 0.25) is 0 Å². The molecule has 0 aliphatic rings. The normalized spacial score (nSPS) is 11.0. The van der Waals surface area contributed by atoms with Crippen LogP contribution < -0.4 is 5.43 Å². The van der Waals surface area contributed by atoms with Gasteiger partial charge in [-0.25, -0.2) is 10.4 Å². The lowest BCUT2D eigenvalue weighted by atomic mass is 10.0. The standard InChI is InChI=1S/C20H14BrN5O/c21-17-12-11-16(27-17)13-22-25-20-23-18(14-7-3-1-4-8-14)19(24-26-20)15-9-5-2-6-10-15/h1-13H,(H,23,25,26). The van der Waals surface area contributed by atoms with Crippen molar-refractivity contribution in [1.29, 1.82) is 0 Å². The first-order valence-electron chi connectivity index (χ1n) is 8.19. The van der Waals surface area contributed by atoms with Gasteiger partial charge in [0, 0.05) is 11.1 Å². The maximum atomic E-state index is 5.36.